The van der Waals surface area contributed by atoms with Crippen molar-refractivity contribution < 1.29 is 27.8 Å². The Morgan fingerprint density at radius 2 is 1.95 bits per heavy atom. The molecule has 0 amide bonds. The summed E-state index contributed by atoms with van der Waals surface area (Å²) in [6.45, 7) is 0. The molecule has 1 heterocycles. The Kier molecular flexibility index (Phi) is 3.60. The molecule has 0 saturated carbocycles. The molecule has 0 aliphatic rings. The predicted octanol–water partition coefficient (Wildman–Crippen LogP) is 3.59. The number of pyridine rings is 1. The van der Waals surface area contributed by atoms with Gasteiger partial charge in [0.1, 0.15) is 5.75 Å². The summed E-state index contributed by atoms with van der Waals surface area (Å²) in [5.41, 5.74) is -0.925. The summed E-state index contributed by atoms with van der Waals surface area (Å²) in [6, 6.07) is 6.95. The van der Waals surface area contributed by atoms with Gasteiger partial charge in [-0.25, -0.2) is 9.78 Å². The topological polar surface area (TPSA) is 59.4 Å². The monoisotopic (exact) mass is 283 g/mol. The van der Waals surface area contributed by atoms with Crippen LogP contribution in [0, 0.1) is 0 Å². The third-order valence-electron chi connectivity index (χ3n) is 2.37. The summed E-state index contributed by atoms with van der Waals surface area (Å²) in [5.74, 6) is -1.33. The van der Waals surface area contributed by atoms with Crippen molar-refractivity contribution in [1.82, 2.24) is 4.98 Å². The maximum atomic E-state index is 12.5. The Balaban J connectivity index is 2.26. The van der Waals surface area contributed by atoms with Crippen molar-refractivity contribution in [2.75, 3.05) is 0 Å². The number of alkyl halides is 3. The van der Waals surface area contributed by atoms with Crippen LogP contribution in [0.1, 0.15) is 15.9 Å². The number of ether oxygens (including phenoxy) is 1. The Hall–Kier alpha value is -2.57. The molecule has 0 aliphatic heterocycles. The first-order chi connectivity index (χ1) is 9.36. The highest BCUT2D eigenvalue weighted by atomic mass is 19.4. The van der Waals surface area contributed by atoms with Crippen molar-refractivity contribution in [3.05, 3.63) is 53.7 Å². The van der Waals surface area contributed by atoms with Crippen LogP contribution >= 0.6 is 0 Å². The normalized spacial score (nSPS) is 11.2. The van der Waals surface area contributed by atoms with E-state index < -0.39 is 17.7 Å². The van der Waals surface area contributed by atoms with E-state index >= 15 is 0 Å². The largest absolute Gasteiger partial charge is 0.478 e. The molecule has 104 valence electrons. The number of halogens is 3. The highest BCUT2D eigenvalue weighted by Gasteiger charge is 2.31. The molecule has 0 bridgehead atoms. The zero-order valence-electron chi connectivity index (χ0n) is 9.89. The van der Waals surface area contributed by atoms with E-state index in [1.54, 1.807) is 0 Å². The summed E-state index contributed by atoms with van der Waals surface area (Å²) in [7, 11) is 0. The number of hydrogen-bond acceptors (Lipinski definition) is 3. The molecule has 7 heteroatoms. The fraction of sp³-hybridized carbons (Fsp3) is 0.0769. The second kappa shape index (κ2) is 5.20. The van der Waals surface area contributed by atoms with Crippen LogP contribution in [-0.4, -0.2) is 16.1 Å². The first-order valence-corrected chi connectivity index (χ1v) is 5.41. The molecule has 0 radical (unpaired) electrons. The summed E-state index contributed by atoms with van der Waals surface area (Å²) < 4.78 is 42.7. The second-order valence-corrected chi connectivity index (χ2v) is 3.82. The number of rotatable bonds is 3. The molecule has 4 nitrogen and oxygen atoms in total. The van der Waals surface area contributed by atoms with Gasteiger partial charge in [-0.3, -0.25) is 0 Å². The number of carbonyl (C=O) groups is 1. The van der Waals surface area contributed by atoms with Gasteiger partial charge >= 0.3 is 12.1 Å². The molecule has 0 spiro atoms. The minimum atomic E-state index is -4.50. The van der Waals surface area contributed by atoms with E-state index in [1.807, 2.05) is 0 Å². The molecule has 0 atom stereocenters. The van der Waals surface area contributed by atoms with Gasteiger partial charge in [0.25, 0.3) is 0 Å². The third-order valence-corrected chi connectivity index (χ3v) is 2.37. The van der Waals surface area contributed by atoms with Crippen LogP contribution in [0.2, 0.25) is 0 Å². The Morgan fingerprint density at radius 1 is 1.20 bits per heavy atom. The van der Waals surface area contributed by atoms with Crippen LogP contribution in [-0.2, 0) is 6.18 Å². The number of carboxylic acid groups (broad SMARTS) is 1. The molecule has 1 aromatic heterocycles. The van der Waals surface area contributed by atoms with Gasteiger partial charge in [-0.05, 0) is 24.3 Å². The molecule has 0 aliphatic carbocycles. The van der Waals surface area contributed by atoms with E-state index in [1.165, 1.54) is 24.3 Å². The first kappa shape index (κ1) is 13.9. The molecule has 0 fully saturated rings. The van der Waals surface area contributed by atoms with E-state index in [4.69, 9.17) is 9.84 Å². The summed E-state index contributed by atoms with van der Waals surface area (Å²) in [4.78, 5) is 14.4. The van der Waals surface area contributed by atoms with Gasteiger partial charge in [0.2, 0.25) is 5.88 Å². The minimum absolute atomic E-state index is 0.0329. The smallest absolute Gasteiger partial charge is 0.416 e. The van der Waals surface area contributed by atoms with E-state index in [-0.39, 0.29) is 17.2 Å². The highest BCUT2D eigenvalue weighted by Crippen LogP contribution is 2.31. The number of carboxylic acids is 1. The molecule has 2 aromatic rings. The quantitative estimate of drug-likeness (QED) is 0.935. The predicted molar refractivity (Wildman–Crippen MR) is 62.7 cm³/mol. The van der Waals surface area contributed by atoms with Crippen molar-refractivity contribution in [1.29, 1.82) is 0 Å². The van der Waals surface area contributed by atoms with Gasteiger partial charge in [0, 0.05) is 12.3 Å². The second-order valence-electron chi connectivity index (χ2n) is 3.82. The number of nitrogens with zero attached hydrogens (tertiary/aromatic N) is 1. The van der Waals surface area contributed by atoms with Crippen molar-refractivity contribution >= 4 is 5.97 Å². The number of benzene rings is 1. The SMILES string of the molecule is O=C(O)c1cccc(Oc2cc(C(F)(F)F)ccn2)c1. The summed E-state index contributed by atoms with van der Waals surface area (Å²) in [6.07, 6.45) is -3.52. The van der Waals surface area contributed by atoms with Gasteiger partial charge in [-0.1, -0.05) is 6.07 Å². The van der Waals surface area contributed by atoms with Crippen LogP contribution in [0.5, 0.6) is 11.6 Å². The first-order valence-electron chi connectivity index (χ1n) is 5.41. The molecular weight excluding hydrogens is 275 g/mol. The Labute approximate surface area is 111 Å². The van der Waals surface area contributed by atoms with Crippen LogP contribution in [0.25, 0.3) is 0 Å². The fourth-order valence-corrected chi connectivity index (χ4v) is 1.45. The average Bonchev–Trinajstić information content (AvgIpc) is 2.38. The molecule has 1 N–H and O–H groups in total. The number of aromatic nitrogens is 1. The summed E-state index contributed by atoms with van der Waals surface area (Å²) in [5, 5.41) is 8.81. The van der Waals surface area contributed by atoms with Crippen molar-refractivity contribution in [3.8, 4) is 11.6 Å². The number of hydrogen-bond donors (Lipinski definition) is 1. The number of aromatic carboxylic acids is 1. The highest BCUT2D eigenvalue weighted by molar-refractivity contribution is 5.88. The van der Waals surface area contributed by atoms with Gasteiger partial charge in [0.05, 0.1) is 11.1 Å². The van der Waals surface area contributed by atoms with Gasteiger partial charge in [-0.2, -0.15) is 13.2 Å². The third kappa shape index (κ3) is 3.25. The average molecular weight is 283 g/mol. The van der Waals surface area contributed by atoms with Crippen molar-refractivity contribution in [3.63, 3.8) is 0 Å². The van der Waals surface area contributed by atoms with Gasteiger partial charge in [0.15, 0.2) is 0 Å². The molecule has 20 heavy (non-hydrogen) atoms. The van der Waals surface area contributed by atoms with E-state index in [9.17, 15) is 18.0 Å². The van der Waals surface area contributed by atoms with E-state index in [2.05, 4.69) is 4.98 Å². The Bertz CT molecular complexity index is 641. The van der Waals surface area contributed by atoms with E-state index in [0.29, 0.717) is 0 Å². The van der Waals surface area contributed by atoms with Gasteiger partial charge in [-0.15, -0.1) is 0 Å². The molecule has 2 rings (SSSR count). The lowest BCUT2D eigenvalue weighted by Gasteiger charge is -2.09. The molecule has 0 unspecified atom stereocenters. The van der Waals surface area contributed by atoms with Crippen LogP contribution in [0.3, 0.4) is 0 Å². The molecular formula is C13H8F3NO3. The van der Waals surface area contributed by atoms with Crippen LogP contribution in [0.15, 0.2) is 42.6 Å². The molecule has 1 aromatic carbocycles. The van der Waals surface area contributed by atoms with Crippen LogP contribution in [0.4, 0.5) is 13.2 Å². The Morgan fingerprint density at radius 3 is 2.60 bits per heavy atom. The summed E-state index contributed by atoms with van der Waals surface area (Å²) >= 11 is 0. The van der Waals surface area contributed by atoms with Crippen LogP contribution < -0.4 is 4.74 Å². The van der Waals surface area contributed by atoms with E-state index in [0.717, 1.165) is 18.3 Å². The minimum Gasteiger partial charge on any atom is -0.478 e. The fourth-order valence-electron chi connectivity index (χ4n) is 1.45. The lowest BCUT2D eigenvalue weighted by Crippen LogP contribution is -2.05. The zero-order valence-corrected chi connectivity index (χ0v) is 9.89. The maximum absolute atomic E-state index is 12.5. The van der Waals surface area contributed by atoms with Gasteiger partial charge < -0.3 is 9.84 Å². The molecule has 0 saturated heterocycles. The lowest BCUT2D eigenvalue weighted by atomic mass is 10.2. The standard InChI is InChI=1S/C13H8F3NO3/c14-13(15,16)9-4-5-17-11(7-9)20-10-3-1-2-8(6-10)12(18)19/h1-7H,(H,18,19). The van der Waals surface area contributed by atoms with Crippen molar-refractivity contribution in [2.45, 2.75) is 6.18 Å². The zero-order chi connectivity index (χ0) is 14.8. The maximum Gasteiger partial charge on any atom is 0.416 e. The van der Waals surface area contributed by atoms with Crippen molar-refractivity contribution in [2.24, 2.45) is 0 Å². The lowest BCUT2D eigenvalue weighted by molar-refractivity contribution is -0.137.